The molecule has 1 unspecified atom stereocenters. The van der Waals surface area contributed by atoms with Gasteiger partial charge in [0.2, 0.25) is 0 Å². The third-order valence-electron chi connectivity index (χ3n) is 3.35. The van der Waals surface area contributed by atoms with Gasteiger partial charge < -0.3 is 10.2 Å². The van der Waals surface area contributed by atoms with Crippen molar-refractivity contribution in [2.45, 2.75) is 33.2 Å². The molecule has 2 rings (SSSR count). The van der Waals surface area contributed by atoms with E-state index < -0.39 is 0 Å². The Labute approximate surface area is 102 Å². The Bertz CT molecular complexity index is 348. The topological polar surface area (TPSA) is 28.2 Å². The maximum atomic E-state index is 4.68. The molecule has 90 valence electrons. The fourth-order valence-electron chi connectivity index (χ4n) is 2.21. The van der Waals surface area contributed by atoms with Crippen LogP contribution >= 0.6 is 11.3 Å². The van der Waals surface area contributed by atoms with Gasteiger partial charge in [-0.2, -0.15) is 0 Å². The second-order valence-corrected chi connectivity index (χ2v) is 5.61. The molecular weight excluding hydrogens is 218 g/mol. The van der Waals surface area contributed by atoms with Gasteiger partial charge in [-0.25, -0.2) is 4.98 Å². The minimum Gasteiger partial charge on any atom is -0.348 e. The van der Waals surface area contributed by atoms with E-state index in [1.54, 1.807) is 0 Å². The van der Waals surface area contributed by atoms with Gasteiger partial charge >= 0.3 is 0 Å². The molecule has 0 aliphatic carbocycles. The lowest BCUT2D eigenvalue weighted by atomic mass is 10.1. The first-order chi connectivity index (χ1) is 7.74. The van der Waals surface area contributed by atoms with E-state index in [1.807, 2.05) is 18.4 Å². The third-order valence-corrected chi connectivity index (χ3v) is 4.57. The molecule has 0 aromatic carbocycles. The summed E-state index contributed by atoms with van der Waals surface area (Å²) in [6.07, 6.45) is 2.63. The molecule has 0 spiro atoms. The fraction of sp³-hybridized carbons (Fsp3) is 0.750. The maximum Gasteiger partial charge on any atom is 0.185 e. The van der Waals surface area contributed by atoms with Gasteiger partial charge in [0.15, 0.2) is 5.13 Å². The van der Waals surface area contributed by atoms with E-state index in [9.17, 15) is 0 Å². The van der Waals surface area contributed by atoms with E-state index in [0.29, 0.717) is 0 Å². The van der Waals surface area contributed by atoms with Gasteiger partial charge in [0.1, 0.15) is 0 Å². The number of thiazole rings is 1. The van der Waals surface area contributed by atoms with Gasteiger partial charge in [-0.05, 0) is 26.3 Å². The van der Waals surface area contributed by atoms with Gasteiger partial charge in [-0.3, -0.25) is 0 Å². The average Bonchev–Trinajstić information content (AvgIpc) is 2.86. The number of aryl methyl sites for hydroxylation is 1. The Morgan fingerprint density at radius 2 is 2.38 bits per heavy atom. The minimum absolute atomic E-state index is 0.872. The molecule has 0 bridgehead atoms. The third kappa shape index (κ3) is 2.38. The highest BCUT2D eigenvalue weighted by atomic mass is 32.1. The number of aromatic nitrogens is 1. The summed E-state index contributed by atoms with van der Waals surface area (Å²) in [5.41, 5.74) is 1.19. The predicted octanol–water partition coefficient (Wildman–Crippen LogP) is 2.41. The van der Waals surface area contributed by atoms with Gasteiger partial charge in [0.05, 0.1) is 5.69 Å². The van der Waals surface area contributed by atoms with Gasteiger partial charge in [-0.15, -0.1) is 11.3 Å². The monoisotopic (exact) mass is 239 g/mol. The first-order valence-electron chi connectivity index (χ1n) is 6.10. The molecule has 3 nitrogen and oxygen atoms in total. The van der Waals surface area contributed by atoms with E-state index in [1.165, 1.54) is 41.6 Å². The zero-order valence-corrected chi connectivity index (χ0v) is 11.2. The average molecular weight is 239 g/mol. The summed E-state index contributed by atoms with van der Waals surface area (Å²) in [6.45, 7) is 7.72. The molecule has 1 aromatic heterocycles. The molecule has 1 aromatic rings. The van der Waals surface area contributed by atoms with Crippen molar-refractivity contribution in [3.63, 3.8) is 0 Å². The van der Waals surface area contributed by atoms with Crippen molar-refractivity contribution in [2.75, 3.05) is 25.0 Å². The summed E-state index contributed by atoms with van der Waals surface area (Å²) in [6, 6.07) is 0. The lowest BCUT2D eigenvalue weighted by Crippen LogP contribution is -2.19. The number of hydrogen-bond donors (Lipinski definition) is 1. The van der Waals surface area contributed by atoms with Gasteiger partial charge in [0.25, 0.3) is 0 Å². The molecule has 0 saturated carbocycles. The van der Waals surface area contributed by atoms with Crippen molar-refractivity contribution in [1.29, 1.82) is 0 Å². The van der Waals surface area contributed by atoms with E-state index >= 15 is 0 Å². The Morgan fingerprint density at radius 1 is 1.56 bits per heavy atom. The van der Waals surface area contributed by atoms with Crippen molar-refractivity contribution >= 4 is 16.5 Å². The zero-order chi connectivity index (χ0) is 11.5. The van der Waals surface area contributed by atoms with Gasteiger partial charge in [0, 0.05) is 24.5 Å². The van der Waals surface area contributed by atoms with Crippen LogP contribution in [0.5, 0.6) is 0 Å². The smallest absolute Gasteiger partial charge is 0.185 e. The predicted molar refractivity (Wildman–Crippen MR) is 70.2 cm³/mol. The SMILES string of the molecule is CCC1CCN(c2nc(C)c(CNC)s2)C1. The molecule has 1 aliphatic heterocycles. The molecule has 0 amide bonds. The van der Waals surface area contributed by atoms with E-state index in [2.05, 4.69) is 29.0 Å². The van der Waals surface area contributed by atoms with Gasteiger partial charge in [-0.1, -0.05) is 13.3 Å². The maximum absolute atomic E-state index is 4.68. The van der Waals surface area contributed by atoms with Crippen LogP contribution in [-0.4, -0.2) is 25.1 Å². The van der Waals surface area contributed by atoms with Crippen molar-refractivity contribution in [2.24, 2.45) is 5.92 Å². The summed E-state index contributed by atoms with van der Waals surface area (Å²) in [7, 11) is 1.99. The molecule has 1 fully saturated rings. The summed E-state index contributed by atoms with van der Waals surface area (Å²) in [4.78, 5) is 8.51. The highest BCUT2D eigenvalue weighted by molar-refractivity contribution is 7.15. The van der Waals surface area contributed by atoms with Crippen LogP contribution in [0.15, 0.2) is 0 Å². The van der Waals surface area contributed by atoms with Crippen molar-refractivity contribution in [3.8, 4) is 0 Å². The second-order valence-electron chi connectivity index (χ2n) is 4.54. The summed E-state index contributed by atoms with van der Waals surface area (Å²) in [5.74, 6) is 0.872. The van der Waals surface area contributed by atoms with Crippen LogP contribution in [0, 0.1) is 12.8 Å². The number of rotatable bonds is 4. The van der Waals surface area contributed by atoms with E-state index in [4.69, 9.17) is 0 Å². The Hall–Kier alpha value is -0.610. The Balaban J connectivity index is 2.07. The van der Waals surface area contributed by atoms with Crippen LogP contribution in [0.2, 0.25) is 0 Å². The number of nitrogens with zero attached hydrogens (tertiary/aromatic N) is 2. The largest absolute Gasteiger partial charge is 0.348 e. The second kappa shape index (κ2) is 5.15. The highest BCUT2D eigenvalue weighted by Gasteiger charge is 2.23. The van der Waals surface area contributed by atoms with Crippen LogP contribution in [0.1, 0.15) is 30.3 Å². The molecule has 16 heavy (non-hydrogen) atoms. The lowest BCUT2D eigenvalue weighted by Gasteiger charge is -2.13. The van der Waals surface area contributed by atoms with Crippen LogP contribution in [0.25, 0.3) is 0 Å². The number of nitrogens with one attached hydrogen (secondary N) is 1. The fourth-order valence-corrected chi connectivity index (χ4v) is 3.32. The van der Waals surface area contributed by atoms with Crippen LogP contribution < -0.4 is 10.2 Å². The highest BCUT2D eigenvalue weighted by Crippen LogP contribution is 2.30. The van der Waals surface area contributed by atoms with Crippen molar-refractivity contribution in [1.82, 2.24) is 10.3 Å². The molecule has 0 radical (unpaired) electrons. The summed E-state index contributed by atoms with van der Waals surface area (Å²) < 4.78 is 0. The molecule has 2 heterocycles. The zero-order valence-electron chi connectivity index (χ0n) is 10.4. The Morgan fingerprint density at radius 3 is 3.00 bits per heavy atom. The quantitative estimate of drug-likeness (QED) is 0.874. The molecule has 1 atom stereocenters. The first-order valence-corrected chi connectivity index (χ1v) is 6.92. The van der Waals surface area contributed by atoms with Crippen molar-refractivity contribution in [3.05, 3.63) is 10.6 Å². The molecule has 1 N–H and O–H groups in total. The molecular formula is C12H21N3S. The summed E-state index contributed by atoms with van der Waals surface area (Å²) >= 11 is 1.85. The normalized spacial score (nSPS) is 20.7. The standard InChI is InChI=1S/C12H21N3S/c1-4-10-5-6-15(8-10)12-14-9(2)11(16-12)7-13-3/h10,13H,4-8H2,1-3H3. The van der Waals surface area contributed by atoms with Crippen LogP contribution in [0.3, 0.4) is 0 Å². The first kappa shape index (κ1) is 11.9. The van der Waals surface area contributed by atoms with Crippen molar-refractivity contribution < 1.29 is 0 Å². The lowest BCUT2D eigenvalue weighted by molar-refractivity contribution is 0.569. The van der Waals surface area contributed by atoms with E-state index in [-0.39, 0.29) is 0 Å². The number of hydrogen-bond acceptors (Lipinski definition) is 4. The number of anilines is 1. The van der Waals surface area contributed by atoms with E-state index in [0.717, 1.165) is 12.5 Å². The molecule has 1 aliphatic rings. The van der Waals surface area contributed by atoms with Crippen LogP contribution in [0.4, 0.5) is 5.13 Å². The van der Waals surface area contributed by atoms with Crippen LogP contribution in [-0.2, 0) is 6.54 Å². The molecule has 1 saturated heterocycles. The Kier molecular flexibility index (Phi) is 3.82. The minimum atomic E-state index is 0.872. The molecule has 4 heteroatoms. The summed E-state index contributed by atoms with van der Waals surface area (Å²) in [5, 5.41) is 4.42.